The summed E-state index contributed by atoms with van der Waals surface area (Å²) in [7, 11) is 0. The summed E-state index contributed by atoms with van der Waals surface area (Å²) in [4.78, 5) is 50.2. The van der Waals surface area contributed by atoms with E-state index in [9.17, 15) is 0 Å². The lowest BCUT2D eigenvalue weighted by atomic mass is 9.98. The molecular formula is C89H51N17O2S8. The van der Waals surface area contributed by atoms with E-state index in [1.807, 2.05) is 96.0 Å². The predicted octanol–water partition coefficient (Wildman–Crippen LogP) is 25.0. The van der Waals surface area contributed by atoms with Gasteiger partial charge in [0.15, 0.2) is 39.7 Å². The van der Waals surface area contributed by atoms with E-state index in [0.29, 0.717) is 0 Å². The highest BCUT2D eigenvalue weighted by Crippen LogP contribution is 2.41. The van der Waals surface area contributed by atoms with Gasteiger partial charge < -0.3 is 9.47 Å². The van der Waals surface area contributed by atoms with Crippen LogP contribution in [0.5, 0.6) is 21.9 Å². The molecule has 27 aromatic rings. The lowest BCUT2D eigenvalue weighted by Crippen LogP contribution is -1.92. The third-order valence-corrected chi connectivity index (χ3v) is 27.0. The highest BCUT2D eigenvalue weighted by atomic mass is 32.1. The fraction of sp³-hybridized carbons (Fsp3) is 0. The zero-order chi connectivity index (χ0) is 76.1. The van der Waals surface area contributed by atoms with E-state index < -0.39 is 0 Å². The van der Waals surface area contributed by atoms with Crippen molar-refractivity contribution >= 4 is 219 Å². The molecule has 0 radical (unpaired) electrons. The Morgan fingerprint density at radius 2 is 0.534 bits per heavy atom. The fourth-order valence-electron chi connectivity index (χ4n) is 15.2. The molecule has 27 rings (SSSR count). The van der Waals surface area contributed by atoms with Crippen molar-refractivity contribution < 1.29 is 9.47 Å². The molecule has 0 bridgehead atoms. The number of rotatable bonds is 9. The highest BCUT2D eigenvalue weighted by Gasteiger charge is 2.20. The van der Waals surface area contributed by atoms with Crippen LogP contribution in [0.1, 0.15) is 0 Å². The quantitative estimate of drug-likeness (QED) is 0.135. The third-order valence-electron chi connectivity index (χ3n) is 20.6. The van der Waals surface area contributed by atoms with Crippen LogP contribution in [0.15, 0.2) is 306 Å². The minimum Gasteiger partial charge on any atom is -0.433 e. The third kappa shape index (κ3) is 11.4. The minimum absolute atomic E-state index is 0.770. The van der Waals surface area contributed by atoms with E-state index in [1.165, 1.54) is 27.8 Å². The number of hydrogen-bond acceptors (Lipinski definition) is 19. The van der Waals surface area contributed by atoms with Crippen molar-refractivity contribution in [3.63, 3.8) is 0 Å². The molecule has 0 fully saturated rings. The second-order valence-corrected chi connectivity index (χ2v) is 34.6. The molecule has 0 amide bonds. The van der Waals surface area contributed by atoms with Crippen LogP contribution in [-0.4, -0.2) is 80.1 Å². The molecule has 552 valence electrons. The summed E-state index contributed by atoms with van der Waals surface area (Å²) < 4.78 is 29.2. The molecule has 19 nitrogen and oxygen atoms in total. The summed E-state index contributed by atoms with van der Waals surface area (Å²) >= 11 is 12.9. The Morgan fingerprint density at radius 3 is 0.957 bits per heavy atom. The van der Waals surface area contributed by atoms with E-state index in [1.54, 1.807) is 90.7 Å². The molecule has 17 aromatic heterocycles. The molecule has 0 aliphatic rings. The maximum absolute atomic E-state index is 6.28. The molecule has 0 saturated carbocycles. The van der Waals surface area contributed by atoms with Crippen molar-refractivity contribution in [1.29, 1.82) is 0 Å². The lowest BCUT2D eigenvalue weighted by molar-refractivity contribution is 0.442. The molecule has 10 aromatic carbocycles. The molecule has 0 spiro atoms. The first kappa shape index (κ1) is 66.9. The van der Waals surface area contributed by atoms with Gasteiger partial charge in [-0.2, -0.15) is 0 Å². The molecule has 116 heavy (non-hydrogen) atoms. The van der Waals surface area contributed by atoms with Crippen LogP contribution in [-0.2, 0) is 0 Å². The number of imidazole rings is 8. The second-order valence-electron chi connectivity index (χ2n) is 27.4. The van der Waals surface area contributed by atoms with Crippen LogP contribution in [0.4, 0.5) is 0 Å². The van der Waals surface area contributed by atoms with Crippen LogP contribution in [0.2, 0.25) is 0 Å². The largest absolute Gasteiger partial charge is 0.433 e. The molecule has 0 N–H and O–H groups in total. The molecule has 0 aliphatic carbocycles. The summed E-state index contributed by atoms with van der Waals surface area (Å²) in [5.41, 5.74) is 28.1. The fourth-order valence-corrected chi connectivity index (χ4v) is 21.5. The van der Waals surface area contributed by atoms with E-state index in [0.717, 1.165) is 178 Å². The lowest BCUT2D eigenvalue weighted by Gasteiger charge is -2.08. The van der Waals surface area contributed by atoms with Gasteiger partial charge in [-0.3, -0.25) is 35.2 Å². The number of hydrogen-bond donors (Lipinski definition) is 0. The molecule has 0 saturated heterocycles. The van der Waals surface area contributed by atoms with Gasteiger partial charge in [-0.15, -0.1) is 68.0 Å². The second kappa shape index (κ2) is 27.0. The summed E-state index contributed by atoms with van der Waals surface area (Å²) in [6, 6.07) is 81.8. The van der Waals surface area contributed by atoms with Crippen LogP contribution in [0.3, 0.4) is 0 Å². The molecule has 17 heterocycles. The van der Waals surface area contributed by atoms with Gasteiger partial charge in [-0.05, 0) is 155 Å². The molecule has 0 atom stereocenters. The minimum atomic E-state index is 0.770. The topological polar surface area (TPSA) is 170 Å². The van der Waals surface area contributed by atoms with Gasteiger partial charge in [0.1, 0.15) is 0 Å². The average Bonchev–Trinajstić information content (AvgIpc) is 1.58. The Balaban J connectivity index is 0.0000000898. The normalized spacial score (nSPS) is 12.0. The first-order chi connectivity index (χ1) is 57.4. The number of thiazole rings is 8. The van der Waals surface area contributed by atoms with Gasteiger partial charge in [-0.1, -0.05) is 138 Å². The average molecular weight is 1650 g/mol. The Morgan fingerprint density at radius 1 is 0.224 bits per heavy atom. The Hall–Kier alpha value is -13.6. The Labute approximate surface area is 686 Å². The van der Waals surface area contributed by atoms with E-state index in [-0.39, 0.29) is 0 Å². The Bertz CT molecular complexity index is 8040. The van der Waals surface area contributed by atoms with Gasteiger partial charge in [0.05, 0.1) is 123 Å². The molecule has 0 unspecified atom stereocenters. The smallest absolute Gasteiger partial charge is 0.219 e. The number of fused-ring (bicyclic) bond motifs is 24. The van der Waals surface area contributed by atoms with Crippen molar-refractivity contribution in [2.45, 2.75) is 0 Å². The number of benzene rings is 10. The van der Waals surface area contributed by atoms with Gasteiger partial charge in [-0.25, -0.2) is 44.9 Å². The van der Waals surface area contributed by atoms with E-state index in [4.69, 9.17) is 34.4 Å². The van der Waals surface area contributed by atoms with E-state index in [2.05, 4.69) is 265 Å². The number of pyridine rings is 1. The summed E-state index contributed by atoms with van der Waals surface area (Å²) in [6.45, 7) is 0. The zero-order valence-corrected chi connectivity index (χ0v) is 66.7. The van der Waals surface area contributed by atoms with Gasteiger partial charge >= 0.3 is 0 Å². The standard InChI is InChI=1S/C29H17N5S2.C24H14N4S2.2C18H10N4OS2/c1-3-18(19-7-9-24-26(16-19)33-11-13-35-28(33)31-24)15-20(4-1)22-5-2-6-23(30-22)21-8-10-25-27(17-21)34-12-14-36-29(34)32-25;1-2-15(17-4-6-19-21(13-17)27-8-10-29-23(27)25-19)12-16(3-1)18-5-7-20-22(14-18)28-9-11-30-24(28)26-20;1-3-7-13-11(5-1)19-17-21(13)15(9-24-17)23-16-10-25-18-20-12-6-2-4-8-14(12)22(16)18;1-3-7-13-11(5-1)19-17-21(13)9-15(24-17)23-16-10-22-14-8-4-2-6-12(14)20-18(22)25-16/h1-17H;1-14H;2*1-10H. The summed E-state index contributed by atoms with van der Waals surface area (Å²) in [5.74, 6) is 1.54. The first-order valence-electron chi connectivity index (χ1n) is 36.8. The van der Waals surface area contributed by atoms with Crippen molar-refractivity contribution in [2.24, 2.45) is 0 Å². The Kier molecular flexibility index (Phi) is 15.6. The summed E-state index contributed by atoms with van der Waals surface area (Å²) in [6.07, 6.45) is 12.3. The maximum atomic E-state index is 6.28. The zero-order valence-electron chi connectivity index (χ0n) is 60.1. The maximum Gasteiger partial charge on any atom is 0.219 e. The molecule has 0 aliphatic heterocycles. The van der Waals surface area contributed by atoms with Crippen LogP contribution < -0.4 is 9.47 Å². The number of aromatic nitrogens is 17. The number of ether oxygens (including phenoxy) is 2. The van der Waals surface area contributed by atoms with Gasteiger partial charge in [0.25, 0.3) is 0 Å². The van der Waals surface area contributed by atoms with Crippen molar-refractivity contribution in [3.05, 3.63) is 306 Å². The van der Waals surface area contributed by atoms with Crippen LogP contribution >= 0.6 is 90.7 Å². The van der Waals surface area contributed by atoms with Crippen LogP contribution in [0, 0.1) is 0 Å². The molecular weight excluding hydrogens is 1600 g/mol. The van der Waals surface area contributed by atoms with Crippen LogP contribution in [0.25, 0.3) is 184 Å². The monoisotopic (exact) mass is 1650 g/mol. The van der Waals surface area contributed by atoms with E-state index >= 15 is 0 Å². The van der Waals surface area contributed by atoms with Crippen molar-refractivity contribution in [2.75, 3.05) is 0 Å². The SMILES string of the molecule is c1cc(-c2ccc3nc4sccn4c3c2)cc(-c2ccc3nc4sccn4c3c2)c1.c1cc(-c2ccc3nc4sccn4c3c2)cc(-c2cccc(-c3ccc4nc5sccn5c4c3)n2)c1.c1ccc2c(c1)nc1sc(Oc3cn4c(nc5ccccc54)s3)cn12.c1ccc2c(c1)nc1scc(Oc3csc4nc5ccccc5n34)n12. The van der Waals surface area contributed by atoms with Gasteiger partial charge in [0, 0.05) is 57.4 Å². The van der Waals surface area contributed by atoms with Crippen molar-refractivity contribution in [3.8, 4) is 77.8 Å². The number of nitrogens with zero attached hydrogens (tertiary/aromatic N) is 17. The van der Waals surface area contributed by atoms with Crippen molar-refractivity contribution in [1.82, 2.24) is 80.1 Å². The van der Waals surface area contributed by atoms with Gasteiger partial charge in [0.2, 0.25) is 21.9 Å². The molecule has 27 heteroatoms. The first-order valence-corrected chi connectivity index (χ1v) is 43.7. The number of para-hydroxylation sites is 8. The summed E-state index contributed by atoms with van der Waals surface area (Å²) in [5, 5.41) is 13.9. The predicted molar refractivity (Wildman–Crippen MR) is 477 cm³/mol. The highest BCUT2D eigenvalue weighted by molar-refractivity contribution is 7.20.